The van der Waals surface area contributed by atoms with Crippen LogP contribution in [-0.2, 0) is 4.79 Å². The Morgan fingerprint density at radius 1 is 1.33 bits per heavy atom. The average Bonchev–Trinajstić information content (AvgIpc) is 2.06. The van der Waals surface area contributed by atoms with Crippen LogP contribution in [0.2, 0.25) is 0 Å². The second-order valence-corrected chi connectivity index (χ2v) is 2.27. The summed E-state index contributed by atoms with van der Waals surface area (Å²) in [5, 5.41) is 2.75. The molecule has 0 bridgehead atoms. The minimum Gasteiger partial charge on any atom is -0.326 e. The number of para-hydroxylation sites is 1. The first-order valence-corrected chi connectivity index (χ1v) is 3.68. The van der Waals surface area contributed by atoms with Gasteiger partial charge in [-0.05, 0) is 12.1 Å². The van der Waals surface area contributed by atoms with E-state index in [2.05, 4.69) is 5.32 Å². The molecule has 1 amide bonds. The van der Waals surface area contributed by atoms with Crippen molar-refractivity contribution in [3.63, 3.8) is 0 Å². The summed E-state index contributed by atoms with van der Waals surface area (Å²) in [6.07, 6.45) is 0.523. The molecule has 0 aliphatic carbocycles. The molecule has 0 radical (unpaired) electrons. The van der Waals surface area contributed by atoms with E-state index in [1.807, 2.05) is 37.3 Å². The lowest BCUT2D eigenvalue weighted by Crippen LogP contribution is -2.08. The maximum Gasteiger partial charge on any atom is 0.224 e. The van der Waals surface area contributed by atoms with Crippen LogP contribution in [0.5, 0.6) is 0 Å². The molecule has 12 heavy (non-hydrogen) atoms. The van der Waals surface area contributed by atoms with Crippen molar-refractivity contribution in [2.24, 2.45) is 0 Å². The van der Waals surface area contributed by atoms with Crippen LogP contribution < -0.4 is 5.32 Å². The maximum absolute atomic E-state index is 10.9. The molecular formula is C9H12ClNO. The zero-order chi connectivity index (χ0) is 8.10. The Balaban J connectivity index is 0.00000121. The van der Waals surface area contributed by atoms with E-state index in [0.29, 0.717) is 6.42 Å². The number of benzene rings is 1. The van der Waals surface area contributed by atoms with E-state index in [4.69, 9.17) is 0 Å². The molecule has 0 aromatic heterocycles. The number of hydrogen-bond acceptors (Lipinski definition) is 1. The van der Waals surface area contributed by atoms with Gasteiger partial charge < -0.3 is 5.32 Å². The van der Waals surface area contributed by atoms with Crippen LogP contribution in [0.15, 0.2) is 30.3 Å². The Labute approximate surface area is 78.4 Å². The third-order valence-corrected chi connectivity index (χ3v) is 1.38. The third-order valence-electron chi connectivity index (χ3n) is 1.38. The van der Waals surface area contributed by atoms with Crippen LogP contribution in [0.3, 0.4) is 0 Å². The lowest BCUT2D eigenvalue weighted by Gasteiger charge is -2.00. The van der Waals surface area contributed by atoms with Gasteiger partial charge in [0.15, 0.2) is 0 Å². The van der Waals surface area contributed by atoms with Crippen LogP contribution >= 0.6 is 12.4 Å². The van der Waals surface area contributed by atoms with E-state index in [0.717, 1.165) is 5.69 Å². The minimum absolute atomic E-state index is 0. The third kappa shape index (κ3) is 3.39. The van der Waals surface area contributed by atoms with Gasteiger partial charge in [0, 0.05) is 12.1 Å². The quantitative estimate of drug-likeness (QED) is 0.754. The maximum atomic E-state index is 10.9. The summed E-state index contributed by atoms with van der Waals surface area (Å²) >= 11 is 0. The molecule has 2 nitrogen and oxygen atoms in total. The smallest absolute Gasteiger partial charge is 0.224 e. The second kappa shape index (κ2) is 5.61. The standard InChI is InChI=1S/C9H11NO.ClH/c1-2-9(11)10-8-6-4-3-5-7-8;/h3-7H,2H2,1H3,(H,10,11);1H. The van der Waals surface area contributed by atoms with Gasteiger partial charge in [0.1, 0.15) is 0 Å². The molecule has 0 aliphatic rings. The Hall–Kier alpha value is -1.02. The number of amides is 1. The first-order valence-electron chi connectivity index (χ1n) is 3.68. The number of nitrogens with one attached hydrogen (secondary N) is 1. The fraction of sp³-hybridized carbons (Fsp3) is 0.222. The van der Waals surface area contributed by atoms with Crippen molar-refractivity contribution in [1.82, 2.24) is 0 Å². The van der Waals surface area contributed by atoms with Crippen LogP contribution in [-0.4, -0.2) is 5.91 Å². The monoisotopic (exact) mass is 185 g/mol. The molecule has 0 saturated heterocycles. The number of anilines is 1. The number of carbonyl (C=O) groups is 1. The van der Waals surface area contributed by atoms with Crippen molar-refractivity contribution in [2.75, 3.05) is 5.32 Å². The van der Waals surface area contributed by atoms with Crippen molar-refractivity contribution in [2.45, 2.75) is 13.3 Å². The molecule has 0 spiro atoms. The fourth-order valence-electron chi connectivity index (χ4n) is 0.771. The molecule has 66 valence electrons. The zero-order valence-electron chi connectivity index (χ0n) is 6.91. The van der Waals surface area contributed by atoms with Crippen molar-refractivity contribution >= 4 is 24.0 Å². The molecule has 0 aliphatic heterocycles. The van der Waals surface area contributed by atoms with E-state index in [1.54, 1.807) is 0 Å². The molecule has 0 atom stereocenters. The molecule has 0 unspecified atom stereocenters. The van der Waals surface area contributed by atoms with E-state index in [1.165, 1.54) is 0 Å². The fourth-order valence-corrected chi connectivity index (χ4v) is 0.771. The second-order valence-electron chi connectivity index (χ2n) is 2.27. The van der Waals surface area contributed by atoms with Gasteiger partial charge in [-0.1, -0.05) is 25.1 Å². The molecule has 3 heteroatoms. The van der Waals surface area contributed by atoms with E-state index in [-0.39, 0.29) is 18.3 Å². The van der Waals surface area contributed by atoms with Gasteiger partial charge in [-0.25, -0.2) is 0 Å². The molecule has 0 saturated carbocycles. The highest BCUT2D eigenvalue weighted by atomic mass is 35.5. The molecule has 1 rings (SSSR count). The number of carbonyl (C=O) groups excluding carboxylic acids is 1. The summed E-state index contributed by atoms with van der Waals surface area (Å²) in [5.41, 5.74) is 0.861. The molecule has 1 aromatic rings. The van der Waals surface area contributed by atoms with Gasteiger partial charge in [-0.2, -0.15) is 0 Å². The van der Waals surface area contributed by atoms with Crippen LogP contribution in [0, 0.1) is 0 Å². The van der Waals surface area contributed by atoms with Gasteiger partial charge in [0.25, 0.3) is 0 Å². The predicted molar refractivity (Wildman–Crippen MR) is 52.6 cm³/mol. The van der Waals surface area contributed by atoms with E-state index < -0.39 is 0 Å². The summed E-state index contributed by atoms with van der Waals surface area (Å²) in [6, 6.07) is 9.44. The first kappa shape index (κ1) is 11.0. The highest BCUT2D eigenvalue weighted by molar-refractivity contribution is 5.90. The van der Waals surface area contributed by atoms with Crippen molar-refractivity contribution in [3.05, 3.63) is 30.3 Å². The molecule has 1 N–H and O–H groups in total. The Morgan fingerprint density at radius 2 is 1.92 bits per heavy atom. The van der Waals surface area contributed by atoms with Crippen LogP contribution in [0.4, 0.5) is 5.69 Å². The van der Waals surface area contributed by atoms with Crippen LogP contribution in [0.1, 0.15) is 13.3 Å². The lowest BCUT2D eigenvalue weighted by atomic mass is 10.3. The SMILES string of the molecule is CCC(=O)Nc1ccccc1.Cl. The van der Waals surface area contributed by atoms with E-state index >= 15 is 0 Å². The highest BCUT2D eigenvalue weighted by Crippen LogP contribution is 2.04. The summed E-state index contributed by atoms with van der Waals surface area (Å²) in [4.78, 5) is 10.9. The van der Waals surface area contributed by atoms with Crippen LogP contribution in [0.25, 0.3) is 0 Å². The van der Waals surface area contributed by atoms with Gasteiger partial charge >= 0.3 is 0 Å². The molecule has 0 fully saturated rings. The molecule has 1 aromatic carbocycles. The molecular weight excluding hydrogens is 174 g/mol. The van der Waals surface area contributed by atoms with Crippen molar-refractivity contribution < 1.29 is 4.79 Å². The topological polar surface area (TPSA) is 29.1 Å². The van der Waals surface area contributed by atoms with Gasteiger partial charge in [0.2, 0.25) is 5.91 Å². The highest BCUT2D eigenvalue weighted by Gasteiger charge is 1.95. The summed E-state index contributed by atoms with van der Waals surface area (Å²) in [5.74, 6) is 0.0520. The zero-order valence-corrected chi connectivity index (χ0v) is 7.73. The van der Waals surface area contributed by atoms with Gasteiger partial charge in [-0.15, -0.1) is 12.4 Å². The van der Waals surface area contributed by atoms with Crippen molar-refractivity contribution in [1.29, 1.82) is 0 Å². The van der Waals surface area contributed by atoms with Gasteiger partial charge in [0.05, 0.1) is 0 Å². The summed E-state index contributed by atoms with van der Waals surface area (Å²) in [7, 11) is 0. The Kier molecular flexibility index (Phi) is 5.13. The Morgan fingerprint density at radius 3 is 2.42 bits per heavy atom. The summed E-state index contributed by atoms with van der Waals surface area (Å²) < 4.78 is 0. The van der Waals surface area contributed by atoms with Gasteiger partial charge in [-0.3, -0.25) is 4.79 Å². The predicted octanol–water partition coefficient (Wildman–Crippen LogP) is 2.46. The minimum atomic E-state index is 0. The van der Waals surface area contributed by atoms with Crippen molar-refractivity contribution in [3.8, 4) is 0 Å². The first-order chi connectivity index (χ1) is 5.33. The summed E-state index contributed by atoms with van der Waals surface area (Å²) in [6.45, 7) is 1.83. The number of rotatable bonds is 2. The number of halogens is 1. The Bertz CT molecular complexity index is 236. The lowest BCUT2D eigenvalue weighted by molar-refractivity contribution is -0.115. The normalized spacial score (nSPS) is 8.42. The van der Waals surface area contributed by atoms with E-state index in [9.17, 15) is 4.79 Å². The largest absolute Gasteiger partial charge is 0.326 e. The average molecular weight is 186 g/mol. The number of hydrogen-bond donors (Lipinski definition) is 1. The molecule has 0 heterocycles.